The molecule has 0 bridgehead atoms. The van der Waals surface area contributed by atoms with Gasteiger partial charge in [-0.3, -0.25) is 9.59 Å². The van der Waals surface area contributed by atoms with Gasteiger partial charge in [-0.2, -0.15) is 0 Å². The molecule has 144 valence electrons. The van der Waals surface area contributed by atoms with E-state index in [0.29, 0.717) is 12.3 Å². The standard InChI is InChI=1S/C18H27N3O5/c1-5-25-14-8-6-13(7-9-14)21-16(23)12-20-15(22)10-11-19-17(24)26-18(2,3)4/h6-9H,5,10-12H2,1-4H3,(H,19,24)(H,20,22)(H,21,23). The van der Waals surface area contributed by atoms with Crippen LogP contribution in [0.15, 0.2) is 24.3 Å². The van der Waals surface area contributed by atoms with Crippen molar-refractivity contribution in [3.05, 3.63) is 24.3 Å². The summed E-state index contributed by atoms with van der Waals surface area (Å²) in [6.45, 7) is 7.69. The number of hydrogen-bond acceptors (Lipinski definition) is 5. The third kappa shape index (κ3) is 9.51. The lowest BCUT2D eigenvalue weighted by Gasteiger charge is -2.19. The van der Waals surface area contributed by atoms with Crippen molar-refractivity contribution < 1.29 is 23.9 Å². The fraction of sp³-hybridized carbons (Fsp3) is 0.500. The molecule has 0 radical (unpaired) electrons. The Morgan fingerprint density at radius 2 is 1.65 bits per heavy atom. The summed E-state index contributed by atoms with van der Waals surface area (Å²) in [7, 11) is 0. The number of amides is 3. The highest BCUT2D eigenvalue weighted by atomic mass is 16.6. The van der Waals surface area contributed by atoms with Crippen LogP contribution in [0.3, 0.4) is 0 Å². The van der Waals surface area contributed by atoms with Gasteiger partial charge in [0.1, 0.15) is 11.4 Å². The van der Waals surface area contributed by atoms with Gasteiger partial charge in [0.25, 0.3) is 0 Å². The first-order valence-electron chi connectivity index (χ1n) is 8.46. The van der Waals surface area contributed by atoms with Crippen LogP contribution < -0.4 is 20.7 Å². The molecular weight excluding hydrogens is 338 g/mol. The van der Waals surface area contributed by atoms with Crippen molar-refractivity contribution in [1.29, 1.82) is 0 Å². The van der Waals surface area contributed by atoms with Gasteiger partial charge in [-0.05, 0) is 52.0 Å². The molecule has 0 aromatic heterocycles. The largest absolute Gasteiger partial charge is 0.494 e. The van der Waals surface area contributed by atoms with Crippen LogP contribution in [0, 0.1) is 0 Å². The quantitative estimate of drug-likeness (QED) is 0.654. The smallest absolute Gasteiger partial charge is 0.407 e. The topological polar surface area (TPSA) is 106 Å². The van der Waals surface area contributed by atoms with Crippen LogP contribution in [0.2, 0.25) is 0 Å². The zero-order chi connectivity index (χ0) is 19.6. The van der Waals surface area contributed by atoms with Crippen molar-refractivity contribution >= 4 is 23.6 Å². The van der Waals surface area contributed by atoms with Gasteiger partial charge < -0.3 is 25.4 Å². The third-order valence-electron chi connectivity index (χ3n) is 2.92. The second kappa shape index (κ2) is 10.3. The molecule has 8 heteroatoms. The van der Waals surface area contributed by atoms with E-state index < -0.39 is 11.7 Å². The predicted molar refractivity (Wildman–Crippen MR) is 98.1 cm³/mol. The molecule has 1 aromatic rings. The normalized spacial score (nSPS) is 10.6. The van der Waals surface area contributed by atoms with E-state index in [1.54, 1.807) is 45.0 Å². The lowest BCUT2D eigenvalue weighted by molar-refractivity contribution is -0.124. The molecule has 0 saturated heterocycles. The Morgan fingerprint density at radius 3 is 2.23 bits per heavy atom. The average Bonchev–Trinajstić information content (AvgIpc) is 2.53. The third-order valence-corrected chi connectivity index (χ3v) is 2.92. The zero-order valence-corrected chi connectivity index (χ0v) is 15.7. The van der Waals surface area contributed by atoms with E-state index in [9.17, 15) is 14.4 Å². The summed E-state index contributed by atoms with van der Waals surface area (Å²) in [6.07, 6.45) is -0.534. The molecule has 26 heavy (non-hydrogen) atoms. The highest BCUT2D eigenvalue weighted by Gasteiger charge is 2.16. The number of alkyl carbamates (subject to hydrolysis) is 1. The fourth-order valence-electron chi connectivity index (χ4n) is 1.87. The Balaban J connectivity index is 2.23. The lowest BCUT2D eigenvalue weighted by atomic mass is 10.2. The molecule has 0 aliphatic rings. The fourth-order valence-corrected chi connectivity index (χ4v) is 1.87. The number of carbonyl (C=O) groups excluding carboxylic acids is 3. The minimum absolute atomic E-state index is 0.0512. The van der Waals surface area contributed by atoms with Gasteiger partial charge in [0, 0.05) is 18.7 Å². The number of nitrogens with one attached hydrogen (secondary N) is 3. The molecule has 0 atom stereocenters. The van der Waals surface area contributed by atoms with Crippen LogP contribution in [-0.4, -0.2) is 43.2 Å². The van der Waals surface area contributed by atoms with E-state index in [2.05, 4.69) is 16.0 Å². The highest BCUT2D eigenvalue weighted by molar-refractivity contribution is 5.94. The van der Waals surface area contributed by atoms with Gasteiger partial charge in [0.05, 0.1) is 13.2 Å². The Bertz CT molecular complexity index is 608. The Morgan fingerprint density at radius 1 is 1.00 bits per heavy atom. The molecule has 0 aliphatic carbocycles. The molecule has 0 saturated carbocycles. The number of anilines is 1. The highest BCUT2D eigenvalue weighted by Crippen LogP contribution is 2.15. The van der Waals surface area contributed by atoms with E-state index >= 15 is 0 Å². The molecule has 0 spiro atoms. The maximum absolute atomic E-state index is 11.8. The van der Waals surface area contributed by atoms with Crippen molar-refractivity contribution in [1.82, 2.24) is 10.6 Å². The molecule has 0 heterocycles. The minimum Gasteiger partial charge on any atom is -0.494 e. The maximum atomic E-state index is 11.8. The van der Waals surface area contributed by atoms with Crippen molar-refractivity contribution in [3.8, 4) is 5.75 Å². The van der Waals surface area contributed by atoms with Crippen LogP contribution in [-0.2, 0) is 14.3 Å². The molecule has 1 aromatic carbocycles. The minimum atomic E-state index is -0.592. The number of rotatable bonds is 8. The predicted octanol–water partition coefficient (Wildman–Crippen LogP) is 2.05. The maximum Gasteiger partial charge on any atom is 0.407 e. The van der Waals surface area contributed by atoms with Crippen LogP contribution in [0.4, 0.5) is 10.5 Å². The first kappa shape index (κ1) is 21.3. The second-order valence-electron chi connectivity index (χ2n) is 6.46. The van der Waals surface area contributed by atoms with Gasteiger partial charge in [-0.1, -0.05) is 0 Å². The monoisotopic (exact) mass is 365 g/mol. The van der Waals surface area contributed by atoms with Crippen molar-refractivity contribution in [2.75, 3.05) is 25.0 Å². The van der Waals surface area contributed by atoms with Gasteiger partial charge >= 0.3 is 6.09 Å². The molecule has 1 rings (SSSR count). The summed E-state index contributed by atoms with van der Waals surface area (Å²) in [6, 6.07) is 6.94. The van der Waals surface area contributed by atoms with Crippen molar-refractivity contribution in [2.45, 2.75) is 39.7 Å². The Hall–Kier alpha value is -2.77. The summed E-state index contributed by atoms with van der Waals surface area (Å²) in [5, 5.41) is 7.64. The van der Waals surface area contributed by atoms with Crippen molar-refractivity contribution in [3.63, 3.8) is 0 Å². The van der Waals surface area contributed by atoms with Gasteiger partial charge in [-0.25, -0.2) is 4.79 Å². The lowest BCUT2D eigenvalue weighted by Crippen LogP contribution is -2.37. The van der Waals surface area contributed by atoms with E-state index in [1.807, 2.05) is 6.92 Å². The average molecular weight is 365 g/mol. The van der Waals surface area contributed by atoms with Crippen LogP contribution >= 0.6 is 0 Å². The van der Waals surface area contributed by atoms with Crippen LogP contribution in [0.1, 0.15) is 34.1 Å². The summed E-state index contributed by atoms with van der Waals surface area (Å²) in [5.41, 5.74) is 0.0185. The van der Waals surface area contributed by atoms with Crippen LogP contribution in [0.5, 0.6) is 5.75 Å². The second-order valence-corrected chi connectivity index (χ2v) is 6.46. The molecule has 0 unspecified atom stereocenters. The van der Waals surface area contributed by atoms with E-state index in [-0.39, 0.29) is 31.3 Å². The number of hydrogen-bond donors (Lipinski definition) is 3. The molecule has 0 aliphatic heterocycles. The molecule has 8 nitrogen and oxygen atoms in total. The SMILES string of the molecule is CCOc1ccc(NC(=O)CNC(=O)CCNC(=O)OC(C)(C)C)cc1. The zero-order valence-electron chi connectivity index (χ0n) is 15.7. The van der Waals surface area contributed by atoms with E-state index in [1.165, 1.54) is 0 Å². The summed E-state index contributed by atoms with van der Waals surface area (Å²) >= 11 is 0. The first-order valence-corrected chi connectivity index (χ1v) is 8.46. The first-order chi connectivity index (χ1) is 12.2. The number of ether oxygens (including phenoxy) is 2. The number of benzene rings is 1. The summed E-state index contributed by atoms with van der Waals surface area (Å²) in [4.78, 5) is 34.9. The molecule has 0 fully saturated rings. The van der Waals surface area contributed by atoms with E-state index in [0.717, 1.165) is 5.75 Å². The van der Waals surface area contributed by atoms with Gasteiger partial charge in [0.15, 0.2) is 0 Å². The summed E-state index contributed by atoms with van der Waals surface area (Å²) < 4.78 is 10.4. The number of carbonyl (C=O) groups is 3. The molecule has 3 N–H and O–H groups in total. The van der Waals surface area contributed by atoms with Crippen LogP contribution in [0.25, 0.3) is 0 Å². The van der Waals surface area contributed by atoms with Crippen molar-refractivity contribution in [2.24, 2.45) is 0 Å². The Labute approximate surface area is 153 Å². The van der Waals surface area contributed by atoms with E-state index in [4.69, 9.17) is 9.47 Å². The molecule has 3 amide bonds. The summed E-state index contributed by atoms with van der Waals surface area (Å²) in [5.74, 6) is 0.0294. The Kier molecular flexibility index (Phi) is 8.41. The molecular formula is C18H27N3O5. The van der Waals surface area contributed by atoms with Gasteiger partial charge in [-0.15, -0.1) is 0 Å². The van der Waals surface area contributed by atoms with Gasteiger partial charge in [0.2, 0.25) is 11.8 Å².